The lowest BCUT2D eigenvalue weighted by Gasteiger charge is -2.11. The third-order valence-corrected chi connectivity index (χ3v) is 3.61. The molecule has 4 N–H and O–H groups in total. The fourth-order valence-electron chi connectivity index (χ4n) is 1.76. The Morgan fingerprint density at radius 2 is 2.30 bits per heavy atom. The minimum absolute atomic E-state index is 0.00111. The van der Waals surface area contributed by atoms with E-state index in [9.17, 15) is 14.4 Å². The average molecular weight is 298 g/mol. The Kier molecular flexibility index (Phi) is 4.51. The molecule has 0 saturated carbocycles. The summed E-state index contributed by atoms with van der Waals surface area (Å²) in [6.07, 6.45) is 1.21. The highest BCUT2D eigenvalue weighted by Crippen LogP contribution is 2.09. The van der Waals surface area contributed by atoms with Gasteiger partial charge in [-0.3, -0.25) is 4.79 Å². The molecule has 1 aliphatic heterocycles. The second-order valence-electron chi connectivity index (χ2n) is 4.30. The number of carboxylic acid groups (broad SMARTS) is 1. The van der Waals surface area contributed by atoms with E-state index in [0.29, 0.717) is 24.4 Å². The standard InChI is InChI=1S/C11H14N4O4S/c16-8-2-1-6(14-8)3-12-11(19)13-4-9-15-7(5-20-9)10(17)18/h5-6H,1-4H2,(H,14,16)(H,17,18)(H2,12,13,19). The fraction of sp³-hybridized carbons (Fsp3) is 0.455. The van der Waals surface area contributed by atoms with Crippen LogP contribution in [0.4, 0.5) is 4.79 Å². The number of rotatable bonds is 5. The number of aromatic nitrogens is 1. The van der Waals surface area contributed by atoms with Crippen molar-refractivity contribution in [1.82, 2.24) is 20.9 Å². The molecule has 2 heterocycles. The summed E-state index contributed by atoms with van der Waals surface area (Å²) in [6.45, 7) is 0.538. The van der Waals surface area contributed by atoms with Crippen LogP contribution in [0.2, 0.25) is 0 Å². The monoisotopic (exact) mass is 298 g/mol. The van der Waals surface area contributed by atoms with E-state index in [-0.39, 0.29) is 30.2 Å². The molecule has 1 unspecified atom stereocenters. The number of hydrogen-bond donors (Lipinski definition) is 4. The van der Waals surface area contributed by atoms with Crippen molar-refractivity contribution in [2.75, 3.05) is 6.54 Å². The molecule has 1 saturated heterocycles. The number of hydrogen-bond acceptors (Lipinski definition) is 5. The minimum Gasteiger partial charge on any atom is -0.476 e. The first-order chi connectivity index (χ1) is 9.54. The van der Waals surface area contributed by atoms with E-state index in [4.69, 9.17) is 5.11 Å². The number of carboxylic acids is 1. The minimum atomic E-state index is -1.09. The highest BCUT2D eigenvalue weighted by molar-refractivity contribution is 7.09. The van der Waals surface area contributed by atoms with Crippen LogP contribution in [-0.2, 0) is 11.3 Å². The van der Waals surface area contributed by atoms with Crippen LogP contribution in [0.15, 0.2) is 5.38 Å². The van der Waals surface area contributed by atoms with Gasteiger partial charge in [0.1, 0.15) is 5.01 Å². The van der Waals surface area contributed by atoms with Crippen LogP contribution in [0.25, 0.3) is 0 Å². The van der Waals surface area contributed by atoms with Gasteiger partial charge in [0.15, 0.2) is 5.69 Å². The zero-order chi connectivity index (χ0) is 14.5. The molecular formula is C11H14N4O4S. The molecule has 1 fully saturated rings. The van der Waals surface area contributed by atoms with Gasteiger partial charge in [0.25, 0.3) is 0 Å². The Balaban J connectivity index is 1.69. The zero-order valence-electron chi connectivity index (χ0n) is 10.5. The van der Waals surface area contributed by atoms with E-state index < -0.39 is 5.97 Å². The molecule has 1 aliphatic rings. The molecule has 2 rings (SSSR count). The van der Waals surface area contributed by atoms with Crippen molar-refractivity contribution >= 4 is 29.2 Å². The molecule has 0 aromatic carbocycles. The van der Waals surface area contributed by atoms with Gasteiger partial charge in [-0.15, -0.1) is 11.3 Å². The first-order valence-electron chi connectivity index (χ1n) is 6.03. The molecule has 0 aliphatic carbocycles. The van der Waals surface area contributed by atoms with Gasteiger partial charge in [0.05, 0.1) is 6.54 Å². The molecule has 3 amide bonds. The molecule has 8 nitrogen and oxygen atoms in total. The van der Waals surface area contributed by atoms with Crippen LogP contribution >= 0.6 is 11.3 Å². The highest BCUT2D eigenvalue weighted by atomic mass is 32.1. The summed E-state index contributed by atoms with van der Waals surface area (Å²) >= 11 is 1.17. The number of nitrogens with one attached hydrogen (secondary N) is 3. The normalized spacial score (nSPS) is 17.6. The van der Waals surface area contributed by atoms with E-state index in [1.54, 1.807) is 0 Å². The second-order valence-corrected chi connectivity index (χ2v) is 5.24. The smallest absolute Gasteiger partial charge is 0.355 e. The predicted octanol–water partition coefficient (Wildman–Crippen LogP) is -0.0809. The Morgan fingerprint density at radius 3 is 2.90 bits per heavy atom. The average Bonchev–Trinajstić information content (AvgIpc) is 3.03. The van der Waals surface area contributed by atoms with E-state index in [2.05, 4.69) is 20.9 Å². The first kappa shape index (κ1) is 14.3. The van der Waals surface area contributed by atoms with Crippen molar-refractivity contribution in [3.05, 3.63) is 16.1 Å². The molecule has 108 valence electrons. The van der Waals surface area contributed by atoms with Gasteiger partial charge in [-0.1, -0.05) is 0 Å². The summed E-state index contributed by atoms with van der Waals surface area (Å²) in [5.41, 5.74) is -0.0270. The van der Waals surface area contributed by atoms with Gasteiger partial charge in [-0.25, -0.2) is 14.6 Å². The molecule has 0 bridgehead atoms. The summed E-state index contributed by atoms with van der Waals surface area (Å²) in [6, 6.07) is -0.398. The quantitative estimate of drug-likeness (QED) is 0.606. The van der Waals surface area contributed by atoms with Crippen LogP contribution in [0.5, 0.6) is 0 Å². The van der Waals surface area contributed by atoms with Crippen molar-refractivity contribution < 1.29 is 19.5 Å². The Bertz CT molecular complexity index is 530. The van der Waals surface area contributed by atoms with Crippen LogP contribution in [-0.4, -0.2) is 40.6 Å². The molecule has 1 atom stereocenters. The molecular weight excluding hydrogens is 284 g/mol. The maximum absolute atomic E-state index is 11.5. The maximum Gasteiger partial charge on any atom is 0.355 e. The summed E-state index contributed by atoms with van der Waals surface area (Å²) in [4.78, 5) is 37.0. The Morgan fingerprint density at radius 1 is 1.50 bits per heavy atom. The number of amides is 3. The second kappa shape index (κ2) is 6.33. The summed E-state index contributed by atoms with van der Waals surface area (Å²) in [7, 11) is 0. The van der Waals surface area contributed by atoms with E-state index in [1.807, 2.05) is 0 Å². The molecule has 1 aromatic rings. The van der Waals surface area contributed by atoms with Crippen LogP contribution < -0.4 is 16.0 Å². The van der Waals surface area contributed by atoms with Gasteiger partial charge in [-0.05, 0) is 6.42 Å². The lowest BCUT2D eigenvalue weighted by Crippen LogP contribution is -2.42. The Hall–Kier alpha value is -2.16. The predicted molar refractivity (Wildman–Crippen MR) is 70.5 cm³/mol. The van der Waals surface area contributed by atoms with Crippen molar-refractivity contribution in [3.63, 3.8) is 0 Å². The Labute approximate surface area is 118 Å². The van der Waals surface area contributed by atoms with Crippen LogP contribution in [0.3, 0.4) is 0 Å². The molecule has 1 aromatic heterocycles. The first-order valence-corrected chi connectivity index (χ1v) is 6.91. The number of carbonyl (C=O) groups excluding carboxylic acids is 2. The zero-order valence-corrected chi connectivity index (χ0v) is 11.3. The van der Waals surface area contributed by atoms with Crippen LogP contribution in [0, 0.1) is 0 Å². The summed E-state index contributed by atoms with van der Waals surface area (Å²) < 4.78 is 0. The van der Waals surface area contributed by atoms with E-state index in [1.165, 1.54) is 16.7 Å². The van der Waals surface area contributed by atoms with Crippen molar-refractivity contribution in [2.45, 2.75) is 25.4 Å². The van der Waals surface area contributed by atoms with Gasteiger partial charge >= 0.3 is 12.0 Å². The fourth-order valence-corrected chi connectivity index (χ4v) is 2.46. The number of carbonyl (C=O) groups is 3. The maximum atomic E-state index is 11.5. The van der Waals surface area contributed by atoms with Gasteiger partial charge < -0.3 is 21.1 Å². The van der Waals surface area contributed by atoms with Crippen molar-refractivity contribution in [2.24, 2.45) is 0 Å². The van der Waals surface area contributed by atoms with Crippen LogP contribution in [0.1, 0.15) is 28.3 Å². The summed E-state index contributed by atoms with van der Waals surface area (Å²) in [5, 5.41) is 18.6. The number of urea groups is 1. The van der Waals surface area contributed by atoms with Gasteiger partial charge in [-0.2, -0.15) is 0 Å². The third kappa shape index (κ3) is 3.92. The molecule has 0 radical (unpaired) electrons. The summed E-state index contributed by atoms with van der Waals surface area (Å²) in [5.74, 6) is -1.09. The number of nitrogens with zero attached hydrogens (tertiary/aromatic N) is 1. The van der Waals surface area contributed by atoms with Crippen molar-refractivity contribution in [3.8, 4) is 0 Å². The van der Waals surface area contributed by atoms with Crippen molar-refractivity contribution in [1.29, 1.82) is 0 Å². The lowest BCUT2D eigenvalue weighted by molar-refractivity contribution is -0.119. The topological polar surface area (TPSA) is 120 Å². The number of thiazole rings is 1. The SMILES string of the molecule is O=C1CCC(CNC(=O)NCc2nc(C(=O)O)cs2)N1. The number of aromatic carboxylic acids is 1. The third-order valence-electron chi connectivity index (χ3n) is 2.77. The van der Waals surface area contributed by atoms with E-state index in [0.717, 1.165) is 0 Å². The van der Waals surface area contributed by atoms with Gasteiger partial charge in [0.2, 0.25) is 5.91 Å². The molecule has 9 heteroatoms. The lowest BCUT2D eigenvalue weighted by atomic mass is 10.2. The highest BCUT2D eigenvalue weighted by Gasteiger charge is 2.20. The largest absolute Gasteiger partial charge is 0.476 e. The van der Waals surface area contributed by atoms with Gasteiger partial charge in [0, 0.05) is 24.4 Å². The molecule has 0 spiro atoms. The molecule has 20 heavy (non-hydrogen) atoms. The van der Waals surface area contributed by atoms with E-state index >= 15 is 0 Å².